The smallest absolute Gasteiger partial charge is 0.240 e. The Morgan fingerprint density at radius 3 is 3.04 bits per heavy atom. The molecule has 1 aliphatic heterocycles. The fourth-order valence-electron chi connectivity index (χ4n) is 3.04. The van der Waals surface area contributed by atoms with Crippen molar-refractivity contribution < 1.29 is 9.32 Å². The van der Waals surface area contributed by atoms with Crippen LogP contribution in [0.5, 0.6) is 0 Å². The third-order valence-electron chi connectivity index (χ3n) is 4.15. The number of nitrogens with one attached hydrogen (secondary N) is 1. The first-order chi connectivity index (χ1) is 11.1. The Balaban J connectivity index is 1.58. The molecule has 1 atom stereocenters. The van der Waals surface area contributed by atoms with Crippen LogP contribution in [0.4, 0.5) is 5.88 Å². The number of aryl methyl sites for hydroxylation is 1. The van der Waals surface area contributed by atoms with Crippen molar-refractivity contribution in [3.8, 4) is 0 Å². The maximum Gasteiger partial charge on any atom is 0.240 e. The monoisotopic (exact) mass is 333 g/mol. The molecule has 23 heavy (non-hydrogen) atoms. The third-order valence-corrected chi connectivity index (χ3v) is 4.52. The van der Waals surface area contributed by atoms with E-state index in [4.69, 9.17) is 16.1 Å². The van der Waals surface area contributed by atoms with Gasteiger partial charge in [0.25, 0.3) is 0 Å². The number of nitrogens with zero attached hydrogens (tertiary/aromatic N) is 2. The Kier molecular flexibility index (Phi) is 4.98. The van der Waals surface area contributed by atoms with Crippen LogP contribution in [0, 0.1) is 6.92 Å². The molecule has 2 heterocycles. The van der Waals surface area contributed by atoms with Gasteiger partial charge in [-0.05, 0) is 44.4 Å². The van der Waals surface area contributed by atoms with Crippen LogP contribution in [0.25, 0.3) is 0 Å². The molecule has 0 saturated carbocycles. The average Bonchev–Trinajstić information content (AvgIpc) is 3.11. The number of likely N-dealkylation sites (tertiary alicyclic amines) is 1. The highest BCUT2D eigenvalue weighted by molar-refractivity contribution is 6.31. The molecule has 1 aromatic carbocycles. The molecule has 1 fully saturated rings. The quantitative estimate of drug-likeness (QED) is 0.912. The molecule has 0 bridgehead atoms. The molecule has 122 valence electrons. The topological polar surface area (TPSA) is 58.4 Å². The maximum absolute atomic E-state index is 12.2. The first-order valence-electron chi connectivity index (χ1n) is 7.82. The minimum absolute atomic E-state index is 0.0767. The summed E-state index contributed by atoms with van der Waals surface area (Å²) in [6.07, 6.45) is 3.05. The first-order valence-corrected chi connectivity index (χ1v) is 8.20. The van der Waals surface area contributed by atoms with Gasteiger partial charge in [0, 0.05) is 17.1 Å². The SMILES string of the molecule is Cc1cc(NC(=O)CN2CCC[C@H]2Cc2ccccc2Cl)on1. The zero-order chi connectivity index (χ0) is 16.2. The Hall–Kier alpha value is -1.85. The van der Waals surface area contributed by atoms with Gasteiger partial charge in [0.1, 0.15) is 0 Å². The molecule has 3 rings (SSSR count). The van der Waals surface area contributed by atoms with E-state index in [0.717, 1.165) is 42.1 Å². The number of aromatic nitrogens is 1. The molecular formula is C17H20ClN3O2. The van der Waals surface area contributed by atoms with E-state index >= 15 is 0 Å². The minimum Gasteiger partial charge on any atom is -0.338 e. The number of benzene rings is 1. The van der Waals surface area contributed by atoms with Crippen molar-refractivity contribution in [3.05, 3.63) is 46.6 Å². The van der Waals surface area contributed by atoms with Gasteiger partial charge in [0.05, 0.1) is 12.2 Å². The Bertz CT molecular complexity index is 686. The van der Waals surface area contributed by atoms with E-state index in [1.54, 1.807) is 6.07 Å². The fourth-order valence-corrected chi connectivity index (χ4v) is 3.25. The van der Waals surface area contributed by atoms with Crippen LogP contribution in [0.15, 0.2) is 34.9 Å². The van der Waals surface area contributed by atoms with E-state index in [0.29, 0.717) is 18.5 Å². The van der Waals surface area contributed by atoms with E-state index in [9.17, 15) is 4.79 Å². The van der Waals surface area contributed by atoms with Crippen molar-refractivity contribution in [2.75, 3.05) is 18.4 Å². The fraction of sp³-hybridized carbons (Fsp3) is 0.412. The van der Waals surface area contributed by atoms with Gasteiger partial charge in [-0.1, -0.05) is 35.0 Å². The Morgan fingerprint density at radius 2 is 2.30 bits per heavy atom. The first kappa shape index (κ1) is 16.0. The molecule has 1 aromatic heterocycles. The van der Waals surface area contributed by atoms with Gasteiger partial charge in [-0.15, -0.1) is 0 Å². The summed E-state index contributed by atoms with van der Waals surface area (Å²) in [5.74, 6) is 0.321. The van der Waals surface area contributed by atoms with Crippen LogP contribution < -0.4 is 5.32 Å². The number of hydrogen-bond acceptors (Lipinski definition) is 4. The molecule has 1 amide bonds. The highest BCUT2D eigenvalue weighted by atomic mass is 35.5. The molecule has 2 aromatic rings. The van der Waals surface area contributed by atoms with Crippen LogP contribution in [-0.4, -0.2) is 35.1 Å². The summed E-state index contributed by atoms with van der Waals surface area (Å²) in [5.41, 5.74) is 1.88. The van der Waals surface area contributed by atoms with Gasteiger partial charge in [-0.2, -0.15) is 0 Å². The maximum atomic E-state index is 12.2. The summed E-state index contributed by atoms with van der Waals surface area (Å²) >= 11 is 6.25. The number of rotatable bonds is 5. The van der Waals surface area contributed by atoms with Gasteiger partial charge in [-0.25, -0.2) is 0 Å². The van der Waals surface area contributed by atoms with Crippen LogP contribution in [0.3, 0.4) is 0 Å². The molecule has 0 radical (unpaired) electrons. The van der Waals surface area contributed by atoms with Gasteiger partial charge in [0.15, 0.2) is 0 Å². The van der Waals surface area contributed by atoms with Crippen molar-refractivity contribution in [1.29, 1.82) is 0 Å². The molecule has 0 aliphatic carbocycles. The molecule has 0 unspecified atom stereocenters. The van der Waals surface area contributed by atoms with Crippen molar-refractivity contribution in [2.24, 2.45) is 0 Å². The summed E-state index contributed by atoms with van der Waals surface area (Å²) in [5, 5.41) is 7.31. The lowest BCUT2D eigenvalue weighted by molar-refractivity contribution is -0.117. The van der Waals surface area contributed by atoms with E-state index in [1.807, 2.05) is 25.1 Å². The molecule has 1 saturated heterocycles. The van der Waals surface area contributed by atoms with Crippen molar-refractivity contribution in [1.82, 2.24) is 10.1 Å². The number of carbonyl (C=O) groups excluding carboxylic acids is 1. The van der Waals surface area contributed by atoms with Gasteiger partial charge >= 0.3 is 0 Å². The minimum atomic E-state index is -0.0767. The summed E-state index contributed by atoms with van der Waals surface area (Å²) in [4.78, 5) is 14.4. The van der Waals surface area contributed by atoms with Crippen molar-refractivity contribution in [2.45, 2.75) is 32.2 Å². The van der Waals surface area contributed by atoms with Crippen LogP contribution in [-0.2, 0) is 11.2 Å². The summed E-state index contributed by atoms with van der Waals surface area (Å²) in [6, 6.07) is 9.95. The number of carbonyl (C=O) groups is 1. The summed E-state index contributed by atoms with van der Waals surface area (Å²) in [7, 11) is 0. The van der Waals surface area contributed by atoms with E-state index in [1.165, 1.54) is 0 Å². The molecular weight excluding hydrogens is 314 g/mol. The van der Waals surface area contributed by atoms with Crippen LogP contribution in [0.1, 0.15) is 24.1 Å². The number of hydrogen-bond donors (Lipinski definition) is 1. The lowest BCUT2D eigenvalue weighted by Gasteiger charge is -2.24. The zero-order valence-electron chi connectivity index (χ0n) is 13.1. The highest BCUT2D eigenvalue weighted by Crippen LogP contribution is 2.24. The normalized spacial score (nSPS) is 18.3. The second-order valence-electron chi connectivity index (χ2n) is 5.94. The van der Waals surface area contributed by atoms with Crippen molar-refractivity contribution in [3.63, 3.8) is 0 Å². The predicted octanol–water partition coefficient (Wildman–Crippen LogP) is 3.28. The Morgan fingerprint density at radius 1 is 1.48 bits per heavy atom. The number of anilines is 1. The third kappa shape index (κ3) is 4.12. The van der Waals surface area contributed by atoms with Gasteiger partial charge in [-0.3, -0.25) is 15.0 Å². The zero-order valence-corrected chi connectivity index (χ0v) is 13.8. The second-order valence-corrected chi connectivity index (χ2v) is 6.35. The molecule has 0 spiro atoms. The number of halogens is 1. The predicted molar refractivity (Wildman–Crippen MR) is 89.6 cm³/mol. The van der Waals surface area contributed by atoms with E-state index in [-0.39, 0.29) is 5.91 Å². The largest absolute Gasteiger partial charge is 0.338 e. The van der Waals surface area contributed by atoms with Gasteiger partial charge in [0.2, 0.25) is 11.8 Å². The van der Waals surface area contributed by atoms with E-state index in [2.05, 4.69) is 21.4 Å². The molecule has 1 aliphatic rings. The summed E-state index contributed by atoms with van der Waals surface area (Å²) in [6.45, 7) is 3.10. The Labute approximate surface area is 140 Å². The standard InChI is InChI=1S/C17H20ClN3O2/c1-12-9-17(23-20-12)19-16(22)11-21-8-4-6-14(21)10-13-5-2-3-7-15(13)18/h2-3,5,7,9,14H,4,6,8,10-11H2,1H3,(H,19,22)/t14-/m0/s1. The summed E-state index contributed by atoms with van der Waals surface area (Å²) < 4.78 is 5.02. The van der Waals surface area contributed by atoms with Gasteiger partial charge < -0.3 is 4.52 Å². The highest BCUT2D eigenvalue weighted by Gasteiger charge is 2.27. The number of amides is 1. The second kappa shape index (κ2) is 7.15. The molecule has 6 heteroatoms. The lowest BCUT2D eigenvalue weighted by atomic mass is 10.0. The molecule has 1 N–H and O–H groups in total. The van der Waals surface area contributed by atoms with E-state index < -0.39 is 0 Å². The molecule has 5 nitrogen and oxygen atoms in total. The average molecular weight is 334 g/mol. The van der Waals surface area contributed by atoms with Crippen LogP contribution >= 0.6 is 11.6 Å². The van der Waals surface area contributed by atoms with Crippen LogP contribution in [0.2, 0.25) is 5.02 Å². The lowest BCUT2D eigenvalue weighted by Crippen LogP contribution is -2.37. The van der Waals surface area contributed by atoms with Crippen molar-refractivity contribution >= 4 is 23.4 Å².